The molecule has 76 valence electrons. The molecule has 2 aromatic rings. The summed E-state index contributed by atoms with van der Waals surface area (Å²) >= 11 is 0. The minimum Gasteiger partial charge on any atom is -0.345 e. The van der Waals surface area contributed by atoms with Gasteiger partial charge in [-0.1, -0.05) is 17.9 Å². The van der Waals surface area contributed by atoms with E-state index in [1.807, 2.05) is 25.2 Å². The minimum absolute atomic E-state index is 0.858. The van der Waals surface area contributed by atoms with E-state index in [-0.39, 0.29) is 0 Å². The van der Waals surface area contributed by atoms with Gasteiger partial charge in [0.25, 0.3) is 0 Å². The van der Waals surface area contributed by atoms with Gasteiger partial charge in [0.1, 0.15) is 5.52 Å². The van der Waals surface area contributed by atoms with Crippen LogP contribution in [0.4, 0.5) is 0 Å². The van der Waals surface area contributed by atoms with Gasteiger partial charge in [-0.3, -0.25) is 0 Å². The van der Waals surface area contributed by atoms with Crippen LogP contribution >= 0.6 is 0 Å². The Morgan fingerprint density at radius 3 is 3.27 bits per heavy atom. The van der Waals surface area contributed by atoms with Gasteiger partial charge in [0.2, 0.25) is 0 Å². The number of aromatic amines is 1. The van der Waals surface area contributed by atoms with E-state index in [1.165, 1.54) is 0 Å². The first-order valence-corrected chi connectivity index (χ1v) is 4.97. The number of H-pyrrole nitrogens is 1. The highest BCUT2D eigenvalue weighted by atomic mass is 14.9. The molecule has 0 aliphatic rings. The zero-order valence-electron chi connectivity index (χ0n) is 8.67. The third kappa shape index (κ3) is 2.17. The van der Waals surface area contributed by atoms with Crippen LogP contribution in [0.1, 0.15) is 12.0 Å². The lowest BCUT2D eigenvalue weighted by molar-refractivity contribution is 0.818. The number of nitrogens with zero attached hydrogens (tertiary/aromatic N) is 1. The maximum atomic E-state index is 4.24. The molecule has 1 heterocycles. The molecule has 0 fully saturated rings. The molecule has 0 atom stereocenters. The Kier molecular flexibility index (Phi) is 3.01. The number of hydrogen-bond acceptors (Lipinski definition) is 2. The first-order chi connectivity index (χ1) is 7.42. The van der Waals surface area contributed by atoms with Crippen molar-refractivity contribution in [3.8, 4) is 11.8 Å². The number of para-hydroxylation sites is 1. The van der Waals surface area contributed by atoms with E-state index in [0.29, 0.717) is 0 Å². The molecule has 0 radical (unpaired) electrons. The van der Waals surface area contributed by atoms with Crippen LogP contribution in [0, 0.1) is 11.8 Å². The van der Waals surface area contributed by atoms with E-state index in [4.69, 9.17) is 0 Å². The van der Waals surface area contributed by atoms with E-state index in [0.717, 1.165) is 29.6 Å². The van der Waals surface area contributed by atoms with Crippen molar-refractivity contribution in [3.05, 3.63) is 30.1 Å². The predicted molar refractivity (Wildman–Crippen MR) is 61.5 cm³/mol. The molecule has 1 aromatic heterocycles. The molecule has 0 amide bonds. The number of nitrogens with one attached hydrogen (secondary N) is 2. The fraction of sp³-hybridized carbons (Fsp3) is 0.250. The summed E-state index contributed by atoms with van der Waals surface area (Å²) in [6, 6.07) is 5.99. The van der Waals surface area contributed by atoms with E-state index < -0.39 is 0 Å². The van der Waals surface area contributed by atoms with Gasteiger partial charge in [0.15, 0.2) is 0 Å². The summed E-state index contributed by atoms with van der Waals surface area (Å²) in [6.07, 6.45) is 2.56. The van der Waals surface area contributed by atoms with Gasteiger partial charge >= 0.3 is 0 Å². The van der Waals surface area contributed by atoms with Gasteiger partial charge < -0.3 is 10.3 Å². The van der Waals surface area contributed by atoms with Gasteiger partial charge in [-0.15, -0.1) is 0 Å². The first kappa shape index (κ1) is 9.75. The molecule has 2 rings (SSSR count). The van der Waals surface area contributed by atoms with E-state index in [1.54, 1.807) is 6.33 Å². The molecule has 15 heavy (non-hydrogen) atoms. The third-order valence-corrected chi connectivity index (χ3v) is 2.17. The van der Waals surface area contributed by atoms with E-state index in [2.05, 4.69) is 27.1 Å². The molecule has 3 heteroatoms. The zero-order valence-corrected chi connectivity index (χ0v) is 8.67. The topological polar surface area (TPSA) is 40.7 Å². The fourth-order valence-electron chi connectivity index (χ4n) is 1.41. The molecule has 0 aliphatic heterocycles. The quantitative estimate of drug-likeness (QED) is 0.568. The summed E-state index contributed by atoms with van der Waals surface area (Å²) in [5.74, 6) is 6.25. The lowest BCUT2D eigenvalue weighted by Crippen LogP contribution is -2.05. The van der Waals surface area contributed by atoms with Crippen molar-refractivity contribution in [1.29, 1.82) is 0 Å². The number of rotatable bonds is 2. The number of aromatic nitrogens is 2. The summed E-state index contributed by atoms with van der Waals surface area (Å²) in [6.45, 7) is 0.920. The van der Waals surface area contributed by atoms with Crippen LogP contribution in [0.2, 0.25) is 0 Å². The molecule has 1 aromatic carbocycles. The zero-order chi connectivity index (χ0) is 10.5. The van der Waals surface area contributed by atoms with Crippen molar-refractivity contribution < 1.29 is 0 Å². The van der Waals surface area contributed by atoms with Crippen LogP contribution in [0.15, 0.2) is 24.5 Å². The van der Waals surface area contributed by atoms with Crippen molar-refractivity contribution in [2.75, 3.05) is 13.6 Å². The van der Waals surface area contributed by atoms with Crippen molar-refractivity contribution >= 4 is 11.0 Å². The summed E-state index contributed by atoms with van der Waals surface area (Å²) < 4.78 is 0. The Morgan fingerprint density at radius 1 is 1.47 bits per heavy atom. The first-order valence-electron chi connectivity index (χ1n) is 4.97. The van der Waals surface area contributed by atoms with Gasteiger partial charge in [-0.25, -0.2) is 4.98 Å². The molecule has 0 aliphatic carbocycles. The maximum Gasteiger partial charge on any atom is 0.104 e. The molecular weight excluding hydrogens is 186 g/mol. The largest absolute Gasteiger partial charge is 0.345 e. The van der Waals surface area contributed by atoms with Crippen LogP contribution < -0.4 is 5.32 Å². The monoisotopic (exact) mass is 199 g/mol. The smallest absolute Gasteiger partial charge is 0.104 e. The van der Waals surface area contributed by atoms with Gasteiger partial charge in [-0.2, -0.15) is 0 Å². The van der Waals surface area contributed by atoms with Crippen molar-refractivity contribution in [3.63, 3.8) is 0 Å². The summed E-state index contributed by atoms with van der Waals surface area (Å²) in [7, 11) is 1.93. The second kappa shape index (κ2) is 4.63. The molecule has 0 saturated heterocycles. The molecule has 3 nitrogen and oxygen atoms in total. The number of hydrogen-bond donors (Lipinski definition) is 2. The van der Waals surface area contributed by atoms with Gasteiger partial charge in [0, 0.05) is 13.0 Å². The summed E-state index contributed by atoms with van der Waals surface area (Å²) in [4.78, 5) is 7.31. The Morgan fingerprint density at radius 2 is 2.40 bits per heavy atom. The number of fused-ring (bicyclic) bond motifs is 1. The number of benzene rings is 1. The standard InChI is InChI=1S/C12H13N3/c1-13-8-3-2-5-10-6-4-7-11-12(10)15-9-14-11/h4,6-7,9,13H,3,8H2,1H3,(H,14,15). The van der Waals surface area contributed by atoms with Crippen LogP contribution in [0.25, 0.3) is 11.0 Å². The predicted octanol–water partition coefficient (Wildman–Crippen LogP) is 1.52. The maximum absolute atomic E-state index is 4.24. The average molecular weight is 199 g/mol. The average Bonchev–Trinajstić information content (AvgIpc) is 2.73. The van der Waals surface area contributed by atoms with E-state index in [9.17, 15) is 0 Å². The molecule has 0 spiro atoms. The second-order valence-corrected chi connectivity index (χ2v) is 3.26. The normalized spacial score (nSPS) is 9.93. The van der Waals surface area contributed by atoms with Crippen molar-refractivity contribution in [2.24, 2.45) is 0 Å². The Bertz CT molecular complexity index is 502. The van der Waals surface area contributed by atoms with Crippen LogP contribution in [0.5, 0.6) is 0 Å². The highest BCUT2D eigenvalue weighted by Gasteiger charge is 1.98. The molecule has 2 N–H and O–H groups in total. The van der Waals surface area contributed by atoms with Crippen LogP contribution in [-0.2, 0) is 0 Å². The van der Waals surface area contributed by atoms with Crippen LogP contribution in [0.3, 0.4) is 0 Å². The molecule has 0 saturated carbocycles. The number of imidazole rings is 1. The minimum atomic E-state index is 0.858. The van der Waals surface area contributed by atoms with Crippen LogP contribution in [-0.4, -0.2) is 23.6 Å². The Labute approximate surface area is 88.9 Å². The second-order valence-electron chi connectivity index (χ2n) is 3.26. The molecular formula is C12H13N3. The summed E-state index contributed by atoms with van der Waals surface area (Å²) in [5, 5.41) is 3.06. The van der Waals surface area contributed by atoms with Crippen molar-refractivity contribution in [2.45, 2.75) is 6.42 Å². The SMILES string of the molecule is CNCCC#Cc1cccc2[nH]cnc12. The van der Waals surface area contributed by atoms with Gasteiger partial charge in [-0.05, 0) is 19.2 Å². The van der Waals surface area contributed by atoms with Gasteiger partial charge in [0.05, 0.1) is 17.4 Å². The third-order valence-electron chi connectivity index (χ3n) is 2.17. The highest BCUT2D eigenvalue weighted by Crippen LogP contribution is 2.12. The lowest BCUT2D eigenvalue weighted by Gasteiger charge is -1.92. The Balaban J connectivity index is 2.26. The summed E-state index contributed by atoms with van der Waals surface area (Å²) in [5.41, 5.74) is 2.98. The molecule has 0 bridgehead atoms. The van der Waals surface area contributed by atoms with Crippen molar-refractivity contribution in [1.82, 2.24) is 15.3 Å². The fourth-order valence-corrected chi connectivity index (χ4v) is 1.41. The highest BCUT2D eigenvalue weighted by molar-refractivity contribution is 5.81. The Hall–Kier alpha value is -1.79. The lowest BCUT2D eigenvalue weighted by atomic mass is 10.2. The van der Waals surface area contributed by atoms with E-state index >= 15 is 0 Å². The molecule has 0 unspecified atom stereocenters.